The van der Waals surface area contributed by atoms with Gasteiger partial charge in [0.1, 0.15) is 11.5 Å². The number of nitrogens with zero attached hydrogens (tertiary/aromatic N) is 3. The van der Waals surface area contributed by atoms with Crippen molar-refractivity contribution in [2.75, 3.05) is 20.8 Å². The maximum atomic E-state index is 5.67. The van der Waals surface area contributed by atoms with Crippen LogP contribution in [0.15, 0.2) is 65.8 Å². The second-order valence-corrected chi connectivity index (χ2v) is 6.27. The van der Waals surface area contributed by atoms with Gasteiger partial charge in [-0.25, -0.2) is 4.68 Å². The lowest BCUT2D eigenvalue weighted by molar-refractivity contribution is 0.336. The zero-order valence-electron chi connectivity index (χ0n) is 17.1. The van der Waals surface area contributed by atoms with Gasteiger partial charge < -0.3 is 20.1 Å². The summed E-state index contributed by atoms with van der Waals surface area (Å²) in [5.74, 6) is 2.41. The molecule has 0 bridgehead atoms. The van der Waals surface area contributed by atoms with E-state index in [9.17, 15) is 0 Å². The Bertz CT molecular complexity index is 934. The summed E-state index contributed by atoms with van der Waals surface area (Å²) in [4.78, 5) is 4.28. The molecule has 0 saturated carbocycles. The molecule has 0 spiro atoms. The van der Waals surface area contributed by atoms with E-state index in [2.05, 4.69) is 20.7 Å². The first-order chi connectivity index (χ1) is 14.2. The van der Waals surface area contributed by atoms with Crippen LogP contribution in [0.3, 0.4) is 0 Å². The quantitative estimate of drug-likeness (QED) is 0.454. The van der Waals surface area contributed by atoms with Crippen molar-refractivity contribution in [3.63, 3.8) is 0 Å². The van der Waals surface area contributed by atoms with Gasteiger partial charge in [-0.05, 0) is 43.3 Å². The molecule has 1 heterocycles. The summed E-state index contributed by atoms with van der Waals surface area (Å²) in [5.41, 5.74) is 2.98. The molecule has 0 radical (unpaired) electrons. The summed E-state index contributed by atoms with van der Waals surface area (Å²) in [6.45, 7) is 3.81. The number of nitrogens with one attached hydrogen (secondary N) is 2. The van der Waals surface area contributed by atoms with E-state index >= 15 is 0 Å². The number of rotatable bonds is 8. The Morgan fingerprint density at radius 1 is 1.03 bits per heavy atom. The molecule has 0 aliphatic rings. The van der Waals surface area contributed by atoms with Gasteiger partial charge in [0.25, 0.3) is 0 Å². The van der Waals surface area contributed by atoms with Gasteiger partial charge in [-0.15, -0.1) is 0 Å². The van der Waals surface area contributed by atoms with E-state index in [1.54, 1.807) is 14.2 Å². The topological polar surface area (TPSA) is 72.7 Å². The van der Waals surface area contributed by atoms with Gasteiger partial charge >= 0.3 is 0 Å². The van der Waals surface area contributed by atoms with Crippen molar-refractivity contribution in [3.05, 3.63) is 72.1 Å². The number of benzene rings is 2. The standard InChI is InChI=1S/C22H27N5O2/c1-4-29-21-8-6-5-7-17(21)15-24-22(23-2)25-16-18-13-14-27(26-18)19-9-11-20(28-3)12-10-19/h5-14H,4,15-16H2,1-3H3,(H2,23,24,25). The fourth-order valence-electron chi connectivity index (χ4n) is 2.85. The highest BCUT2D eigenvalue weighted by molar-refractivity contribution is 5.79. The third kappa shape index (κ3) is 5.51. The SMILES string of the molecule is CCOc1ccccc1CNC(=NC)NCc1ccn(-c2ccc(OC)cc2)n1. The monoisotopic (exact) mass is 393 g/mol. The maximum absolute atomic E-state index is 5.67. The number of para-hydroxylation sites is 1. The molecule has 0 fully saturated rings. The second kappa shape index (κ2) is 10.2. The van der Waals surface area contributed by atoms with Crippen LogP contribution in [0.1, 0.15) is 18.2 Å². The highest BCUT2D eigenvalue weighted by atomic mass is 16.5. The van der Waals surface area contributed by atoms with Crippen molar-refractivity contribution in [2.24, 2.45) is 4.99 Å². The Hall–Kier alpha value is -3.48. The van der Waals surface area contributed by atoms with E-state index < -0.39 is 0 Å². The molecule has 3 aromatic rings. The lowest BCUT2D eigenvalue weighted by Crippen LogP contribution is -2.36. The fraction of sp³-hybridized carbons (Fsp3) is 0.273. The molecule has 0 aliphatic heterocycles. The van der Waals surface area contributed by atoms with Gasteiger partial charge in [0, 0.05) is 25.4 Å². The number of ether oxygens (including phenoxy) is 2. The predicted molar refractivity (Wildman–Crippen MR) is 115 cm³/mol. The van der Waals surface area contributed by atoms with Crippen LogP contribution >= 0.6 is 0 Å². The van der Waals surface area contributed by atoms with E-state index in [1.807, 2.05) is 72.4 Å². The average molecular weight is 393 g/mol. The van der Waals surface area contributed by atoms with E-state index in [0.717, 1.165) is 28.4 Å². The van der Waals surface area contributed by atoms with Gasteiger partial charge in [-0.2, -0.15) is 5.10 Å². The number of guanidine groups is 1. The van der Waals surface area contributed by atoms with Crippen LogP contribution in [0.5, 0.6) is 11.5 Å². The molecule has 152 valence electrons. The van der Waals surface area contributed by atoms with Crippen molar-refractivity contribution in [1.82, 2.24) is 20.4 Å². The van der Waals surface area contributed by atoms with Crippen LogP contribution in [0.25, 0.3) is 5.69 Å². The number of hydrogen-bond acceptors (Lipinski definition) is 4. The van der Waals surface area contributed by atoms with Gasteiger partial charge in [0.15, 0.2) is 5.96 Å². The van der Waals surface area contributed by atoms with Crippen LogP contribution in [-0.2, 0) is 13.1 Å². The van der Waals surface area contributed by atoms with Crippen molar-refractivity contribution in [1.29, 1.82) is 0 Å². The first kappa shape index (κ1) is 20.3. The van der Waals surface area contributed by atoms with Crippen LogP contribution in [0.2, 0.25) is 0 Å². The van der Waals surface area contributed by atoms with E-state index in [0.29, 0.717) is 25.7 Å². The van der Waals surface area contributed by atoms with Crippen molar-refractivity contribution >= 4 is 5.96 Å². The van der Waals surface area contributed by atoms with Crippen LogP contribution in [0, 0.1) is 0 Å². The molecule has 7 nitrogen and oxygen atoms in total. The molecule has 0 aliphatic carbocycles. The van der Waals surface area contributed by atoms with Crippen molar-refractivity contribution in [3.8, 4) is 17.2 Å². The van der Waals surface area contributed by atoms with Gasteiger partial charge in [0.2, 0.25) is 0 Å². The Kier molecular flexibility index (Phi) is 7.10. The van der Waals surface area contributed by atoms with Crippen LogP contribution in [-0.4, -0.2) is 36.5 Å². The number of aliphatic imine (C=N–C) groups is 1. The molecule has 1 aromatic heterocycles. The van der Waals surface area contributed by atoms with E-state index in [4.69, 9.17) is 9.47 Å². The Morgan fingerprint density at radius 3 is 2.52 bits per heavy atom. The molecule has 2 aromatic carbocycles. The predicted octanol–water partition coefficient (Wildman–Crippen LogP) is 3.14. The smallest absolute Gasteiger partial charge is 0.191 e. The number of methoxy groups -OCH3 is 1. The van der Waals surface area contributed by atoms with Gasteiger partial charge in [-0.1, -0.05) is 18.2 Å². The average Bonchev–Trinajstić information content (AvgIpc) is 3.24. The third-order valence-corrected chi connectivity index (χ3v) is 4.36. The highest BCUT2D eigenvalue weighted by Gasteiger charge is 2.06. The Morgan fingerprint density at radius 2 is 1.79 bits per heavy atom. The highest BCUT2D eigenvalue weighted by Crippen LogP contribution is 2.17. The van der Waals surface area contributed by atoms with Crippen molar-refractivity contribution < 1.29 is 9.47 Å². The summed E-state index contributed by atoms with van der Waals surface area (Å²) >= 11 is 0. The molecular weight excluding hydrogens is 366 g/mol. The van der Waals surface area contributed by atoms with E-state index in [-0.39, 0.29) is 0 Å². The molecule has 0 unspecified atom stereocenters. The lowest BCUT2D eigenvalue weighted by Gasteiger charge is -2.13. The Labute approximate surface area is 171 Å². The number of aromatic nitrogens is 2. The molecule has 7 heteroatoms. The van der Waals surface area contributed by atoms with Gasteiger partial charge in [0.05, 0.1) is 31.6 Å². The van der Waals surface area contributed by atoms with Crippen LogP contribution in [0.4, 0.5) is 0 Å². The largest absolute Gasteiger partial charge is 0.497 e. The van der Waals surface area contributed by atoms with E-state index in [1.165, 1.54) is 0 Å². The molecular formula is C22H27N5O2. The Balaban J connectivity index is 1.55. The summed E-state index contributed by atoms with van der Waals surface area (Å²) in [5, 5.41) is 11.2. The zero-order valence-corrected chi connectivity index (χ0v) is 17.1. The fourth-order valence-corrected chi connectivity index (χ4v) is 2.85. The molecule has 0 saturated heterocycles. The number of hydrogen-bond donors (Lipinski definition) is 2. The van der Waals surface area contributed by atoms with Gasteiger partial charge in [-0.3, -0.25) is 4.99 Å². The molecule has 0 amide bonds. The molecule has 2 N–H and O–H groups in total. The summed E-state index contributed by atoms with van der Waals surface area (Å²) < 4.78 is 12.7. The second-order valence-electron chi connectivity index (χ2n) is 6.27. The summed E-state index contributed by atoms with van der Waals surface area (Å²) in [6, 6.07) is 17.8. The minimum Gasteiger partial charge on any atom is -0.497 e. The zero-order chi connectivity index (χ0) is 20.5. The maximum Gasteiger partial charge on any atom is 0.191 e. The summed E-state index contributed by atoms with van der Waals surface area (Å²) in [7, 11) is 3.41. The summed E-state index contributed by atoms with van der Waals surface area (Å²) in [6.07, 6.45) is 1.94. The minimum atomic E-state index is 0.565. The van der Waals surface area contributed by atoms with Crippen LogP contribution < -0.4 is 20.1 Å². The minimum absolute atomic E-state index is 0.565. The molecule has 3 rings (SSSR count). The normalized spacial score (nSPS) is 11.2. The lowest BCUT2D eigenvalue weighted by atomic mass is 10.2. The first-order valence-electron chi connectivity index (χ1n) is 9.57. The molecule has 0 atom stereocenters. The first-order valence-corrected chi connectivity index (χ1v) is 9.57. The third-order valence-electron chi connectivity index (χ3n) is 4.36. The molecule has 29 heavy (non-hydrogen) atoms. The van der Waals surface area contributed by atoms with Crippen molar-refractivity contribution in [2.45, 2.75) is 20.0 Å².